The number of aliphatic carboxylic acids is 1. The van der Waals surface area contributed by atoms with Crippen molar-refractivity contribution in [3.8, 4) is 0 Å². The summed E-state index contributed by atoms with van der Waals surface area (Å²) in [6.07, 6.45) is 0. The van der Waals surface area contributed by atoms with E-state index in [-0.39, 0.29) is 32.7 Å². The summed E-state index contributed by atoms with van der Waals surface area (Å²) in [6, 6.07) is 0. The summed E-state index contributed by atoms with van der Waals surface area (Å²) in [5, 5.41) is 20.7. The Hall–Kier alpha value is 0.274. The fourth-order valence-electron chi connectivity index (χ4n) is 0.434. The maximum absolute atomic E-state index is 11.1. The summed E-state index contributed by atoms with van der Waals surface area (Å²) >= 11 is 0.436. The molecular formula is C6H9O7SY-. The second kappa shape index (κ2) is 8.43. The molecule has 0 heterocycles. The Balaban J connectivity index is 0. The van der Waals surface area contributed by atoms with Gasteiger partial charge in [-0.15, -0.1) is 0 Å². The zero-order valence-electron chi connectivity index (χ0n) is 8.09. The van der Waals surface area contributed by atoms with Crippen LogP contribution >= 0.6 is 12.0 Å². The first-order valence-electron chi connectivity index (χ1n) is 3.43. The van der Waals surface area contributed by atoms with Gasteiger partial charge < -0.3 is 15.1 Å². The molecule has 0 spiro atoms. The smallest absolute Gasteiger partial charge is 0.341 e. The van der Waals surface area contributed by atoms with Crippen molar-refractivity contribution in [1.82, 2.24) is 0 Å². The molecule has 0 unspecified atom stereocenters. The van der Waals surface area contributed by atoms with Crippen molar-refractivity contribution >= 4 is 24.0 Å². The molecular weight excluding hydrogens is 305 g/mol. The molecule has 0 aromatic carbocycles. The minimum Gasteiger partial charge on any atom is -0.691 e. The summed E-state index contributed by atoms with van der Waals surface area (Å²) in [5.41, 5.74) is 0. The minimum absolute atomic E-state index is 0. The van der Waals surface area contributed by atoms with E-state index in [1.54, 1.807) is 0 Å². The number of ether oxygens (including phenoxy) is 1. The quantitative estimate of drug-likeness (QED) is 0.296. The van der Waals surface area contributed by atoms with Gasteiger partial charge in [0.05, 0.1) is 0 Å². The Morgan fingerprint density at radius 1 is 1.47 bits per heavy atom. The molecule has 9 heteroatoms. The standard InChI is InChI=1S/C6H10O7S.Y/c1-6(2,14-13-12-10)5(9)11-3-4(7)8;/h10H,3H2,1-2H3,(H,7,8);/p-1. The Morgan fingerprint density at radius 3 is 2.40 bits per heavy atom. The number of hydrogen-bond donors (Lipinski definition) is 1. The molecule has 15 heavy (non-hydrogen) atoms. The zero-order valence-corrected chi connectivity index (χ0v) is 11.7. The fraction of sp³-hybridized carbons (Fsp3) is 0.667. The third-order valence-electron chi connectivity index (χ3n) is 1.09. The van der Waals surface area contributed by atoms with Gasteiger partial charge in [-0.2, -0.15) is 4.33 Å². The summed E-state index contributed by atoms with van der Waals surface area (Å²) < 4.78 is 7.10. The molecule has 0 rings (SSSR count). The van der Waals surface area contributed by atoms with E-state index < -0.39 is 23.3 Å². The van der Waals surface area contributed by atoms with Gasteiger partial charge in [-0.05, 0) is 13.8 Å². The molecule has 0 aliphatic carbocycles. The van der Waals surface area contributed by atoms with Gasteiger partial charge in [-0.1, -0.05) is 0 Å². The van der Waals surface area contributed by atoms with Crippen molar-refractivity contribution in [1.29, 1.82) is 0 Å². The van der Waals surface area contributed by atoms with Crippen LogP contribution in [0.2, 0.25) is 0 Å². The molecule has 0 bridgehead atoms. The number of esters is 1. The normalized spacial score (nSPS) is 10.3. The van der Waals surface area contributed by atoms with Crippen LogP contribution in [-0.4, -0.2) is 28.4 Å². The van der Waals surface area contributed by atoms with E-state index in [1.807, 2.05) is 0 Å². The Bertz CT molecular complexity index is 220. The first-order valence-corrected chi connectivity index (χ1v) is 4.17. The van der Waals surface area contributed by atoms with Crippen LogP contribution in [0.5, 0.6) is 0 Å². The number of hydrogen-bond acceptors (Lipinski definition) is 7. The second-order valence-electron chi connectivity index (χ2n) is 2.70. The Morgan fingerprint density at radius 2 is 2.00 bits per heavy atom. The summed E-state index contributed by atoms with van der Waals surface area (Å²) in [5.74, 6) is -2.08. The molecule has 0 aromatic rings. The predicted molar refractivity (Wildman–Crippen MR) is 42.4 cm³/mol. The fourth-order valence-corrected chi connectivity index (χ4v) is 0.759. The molecule has 0 atom stereocenters. The van der Waals surface area contributed by atoms with E-state index in [0.29, 0.717) is 12.0 Å². The average Bonchev–Trinajstić information content (AvgIpc) is 2.10. The maximum Gasteiger partial charge on any atom is 0.341 e. The molecule has 85 valence electrons. The van der Waals surface area contributed by atoms with Gasteiger partial charge in [-0.3, -0.25) is 9.83 Å². The number of carboxylic acids is 1. The molecule has 1 N–H and O–H groups in total. The first kappa shape index (κ1) is 17.7. The van der Waals surface area contributed by atoms with E-state index in [4.69, 9.17) is 5.11 Å². The predicted octanol–water partition coefficient (Wildman–Crippen LogP) is -0.738. The van der Waals surface area contributed by atoms with Crippen LogP contribution in [0.1, 0.15) is 13.8 Å². The van der Waals surface area contributed by atoms with Gasteiger partial charge in [0.25, 0.3) is 0 Å². The van der Waals surface area contributed by atoms with Crippen LogP contribution in [-0.2, 0) is 56.4 Å². The third kappa shape index (κ3) is 8.12. The second-order valence-corrected chi connectivity index (χ2v) is 4.02. The SMILES string of the molecule is CC(C)(SOO[O-])C(=O)OCC(=O)O.[Y]. The molecule has 0 saturated heterocycles. The molecule has 7 nitrogen and oxygen atoms in total. The molecule has 1 radical (unpaired) electrons. The van der Waals surface area contributed by atoms with E-state index in [0.717, 1.165) is 0 Å². The molecule has 0 aliphatic heterocycles. The summed E-state index contributed by atoms with van der Waals surface area (Å²) in [7, 11) is 0. The van der Waals surface area contributed by atoms with Crippen LogP contribution in [0.4, 0.5) is 0 Å². The number of rotatable bonds is 6. The van der Waals surface area contributed by atoms with Crippen LogP contribution in [0.25, 0.3) is 0 Å². The Labute approximate surface area is 115 Å². The molecule has 0 amide bonds. The molecule has 0 saturated carbocycles. The number of carbonyl (C=O) groups is 2. The van der Waals surface area contributed by atoms with Crippen molar-refractivity contribution in [3.05, 3.63) is 0 Å². The third-order valence-corrected chi connectivity index (χ3v) is 1.80. The molecule has 0 aliphatic rings. The van der Waals surface area contributed by atoms with E-state index in [1.165, 1.54) is 13.8 Å². The molecule has 0 fully saturated rings. The zero-order chi connectivity index (χ0) is 11.2. The van der Waals surface area contributed by atoms with Crippen molar-refractivity contribution in [3.63, 3.8) is 0 Å². The van der Waals surface area contributed by atoms with Gasteiger partial charge in [0.1, 0.15) is 4.75 Å². The van der Waals surface area contributed by atoms with E-state index in [9.17, 15) is 14.8 Å². The van der Waals surface area contributed by atoms with Crippen molar-refractivity contribution < 1.29 is 66.8 Å². The molecule has 0 aromatic heterocycles. The van der Waals surface area contributed by atoms with Gasteiger partial charge in [0.2, 0.25) is 0 Å². The van der Waals surface area contributed by atoms with Gasteiger partial charge in [0, 0.05) is 44.8 Å². The van der Waals surface area contributed by atoms with Crippen LogP contribution in [0.15, 0.2) is 0 Å². The van der Waals surface area contributed by atoms with Crippen LogP contribution < -0.4 is 5.26 Å². The summed E-state index contributed by atoms with van der Waals surface area (Å²) in [4.78, 5) is 21.2. The van der Waals surface area contributed by atoms with Crippen molar-refractivity contribution in [2.45, 2.75) is 18.6 Å². The van der Waals surface area contributed by atoms with Gasteiger partial charge in [0.15, 0.2) is 6.61 Å². The van der Waals surface area contributed by atoms with Gasteiger partial charge >= 0.3 is 11.9 Å². The Kier molecular flexibility index (Phi) is 9.92. The summed E-state index contributed by atoms with van der Waals surface area (Å²) in [6.45, 7) is 2.04. The van der Waals surface area contributed by atoms with Crippen molar-refractivity contribution in [2.24, 2.45) is 0 Å². The largest absolute Gasteiger partial charge is 0.691 e. The number of carboxylic acid groups (broad SMARTS) is 1. The van der Waals surface area contributed by atoms with E-state index in [2.05, 4.69) is 14.1 Å². The van der Waals surface area contributed by atoms with E-state index >= 15 is 0 Å². The van der Waals surface area contributed by atoms with Gasteiger partial charge in [-0.25, -0.2) is 4.79 Å². The first-order chi connectivity index (χ1) is 6.40. The monoisotopic (exact) mass is 314 g/mol. The number of carbonyl (C=O) groups excluding carboxylic acids is 1. The average molecular weight is 314 g/mol. The van der Waals surface area contributed by atoms with Crippen LogP contribution in [0.3, 0.4) is 0 Å². The van der Waals surface area contributed by atoms with Crippen LogP contribution in [0, 0.1) is 0 Å². The topological polar surface area (TPSA) is 105 Å². The maximum atomic E-state index is 11.1. The minimum atomic E-state index is -1.26. The van der Waals surface area contributed by atoms with Crippen molar-refractivity contribution in [2.75, 3.05) is 6.61 Å².